The molecule has 0 saturated heterocycles. The number of rotatable bonds is 6. The maximum absolute atomic E-state index is 5.70. The van der Waals surface area contributed by atoms with Crippen LogP contribution in [0.3, 0.4) is 0 Å². The van der Waals surface area contributed by atoms with Crippen LogP contribution in [-0.4, -0.2) is 6.54 Å². The van der Waals surface area contributed by atoms with Crippen LogP contribution in [-0.2, 0) is 6.42 Å². The first-order valence-corrected chi connectivity index (χ1v) is 5.88. The average molecular weight is 205 g/mol. The van der Waals surface area contributed by atoms with Gasteiger partial charge in [0.2, 0.25) is 0 Å². The fourth-order valence-corrected chi connectivity index (χ4v) is 1.68. The Morgan fingerprint density at radius 2 is 1.73 bits per heavy atom. The summed E-state index contributed by atoms with van der Waals surface area (Å²) in [6, 6.07) is 10.7. The van der Waals surface area contributed by atoms with Gasteiger partial charge in [-0.2, -0.15) is 0 Å². The first-order chi connectivity index (χ1) is 7.14. The Balaban J connectivity index is 2.18. The number of benzene rings is 1. The minimum absolute atomic E-state index is 0.316. The molecule has 0 radical (unpaired) electrons. The summed E-state index contributed by atoms with van der Waals surface area (Å²) in [4.78, 5) is 0. The van der Waals surface area contributed by atoms with Gasteiger partial charge < -0.3 is 5.73 Å². The normalized spacial score (nSPS) is 11.7. The molecular weight excluding hydrogens is 182 g/mol. The molecule has 0 atom stereocenters. The maximum Gasteiger partial charge on any atom is -0.00258 e. The van der Waals surface area contributed by atoms with Crippen LogP contribution < -0.4 is 5.73 Å². The highest BCUT2D eigenvalue weighted by atomic mass is 14.6. The van der Waals surface area contributed by atoms with Crippen molar-refractivity contribution >= 4 is 0 Å². The van der Waals surface area contributed by atoms with Gasteiger partial charge in [0.05, 0.1) is 0 Å². The highest BCUT2D eigenvalue weighted by Gasteiger charge is 2.14. The van der Waals surface area contributed by atoms with Crippen molar-refractivity contribution in [1.29, 1.82) is 0 Å². The average Bonchev–Trinajstić information content (AvgIpc) is 2.26. The molecule has 2 N–H and O–H groups in total. The molecule has 0 heterocycles. The lowest BCUT2D eigenvalue weighted by molar-refractivity contribution is 0.333. The van der Waals surface area contributed by atoms with Crippen LogP contribution in [0.25, 0.3) is 0 Å². The van der Waals surface area contributed by atoms with Gasteiger partial charge in [0.25, 0.3) is 0 Å². The Morgan fingerprint density at radius 1 is 1.07 bits per heavy atom. The molecule has 0 bridgehead atoms. The Hall–Kier alpha value is -0.820. The smallest absolute Gasteiger partial charge is 0.00258 e. The molecule has 0 unspecified atom stereocenters. The molecular formula is C14H23N. The van der Waals surface area contributed by atoms with Gasteiger partial charge in [-0.15, -0.1) is 0 Å². The van der Waals surface area contributed by atoms with E-state index < -0.39 is 0 Å². The number of unbranched alkanes of at least 4 members (excludes halogenated alkanes) is 1. The molecule has 0 fully saturated rings. The minimum atomic E-state index is 0.316. The second kappa shape index (κ2) is 5.92. The summed E-state index contributed by atoms with van der Waals surface area (Å²) in [6.07, 6.45) is 4.98. The third-order valence-corrected chi connectivity index (χ3v) is 2.96. The Labute approximate surface area is 93.7 Å². The summed E-state index contributed by atoms with van der Waals surface area (Å²) in [6.45, 7) is 5.28. The van der Waals surface area contributed by atoms with Gasteiger partial charge in [-0.25, -0.2) is 0 Å². The standard InChI is InChI=1S/C14H23N/c1-14(2,12-15)11-7-6-10-13-8-4-3-5-9-13/h3-5,8-9H,6-7,10-12,15H2,1-2H3. The fourth-order valence-electron chi connectivity index (χ4n) is 1.68. The van der Waals surface area contributed by atoms with Gasteiger partial charge in [-0.05, 0) is 36.8 Å². The van der Waals surface area contributed by atoms with E-state index in [0.717, 1.165) is 6.54 Å². The molecule has 0 aromatic heterocycles. The summed E-state index contributed by atoms with van der Waals surface area (Å²) in [7, 11) is 0. The highest BCUT2D eigenvalue weighted by Crippen LogP contribution is 2.21. The zero-order chi connectivity index (χ0) is 11.1. The Morgan fingerprint density at radius 3 is 2.33 bits per heavy atom. The van der Waals surface area contributed by atoms with Gasteiger partial charge in [0.15, 0.2) is 0 Å². The summed E-state index contributed by atoms with van der Waals surface area (Å²) in [5, 5.41) is 0. The van der Waals surface area contributed by atoms with Crippen LogP contribution >= 0.6 is 0 Å². The lowest BCUT2D eigenvalue weighted by atomic mass is 9.87. The van der Waals surface area contributed by atoms with Gasteiger partial charge in [-0.1, -0.05) is 50.6 Å². The van der Waals surface area contributed by atoms with Crippen molar-refractivity contribution in [2.24, 2.45) is 11.1 Å². The van der Waals surface area contributed by atoms with Gasteiger partial charge >= 0.3 is 0 Å². The molecule has 1 heteroatoms. The SMILES string of the molecule is CC(C)(CN)CCCCc1ccccc1. The van der Waals surface area contributed by atoms with E-state index in [2.05, 4.69) is 44.2 Å². The summed E-state index contributed by atoms with van der Waals surface area (Å²) in [5.41, 5.74) is 7.46. The van der Waals surface area contributed by atoms with E-state index in [-0.39, 0.29) is 0 Å². The van der Waals surface area contributed by atoms with E-state index in [1.54, 1.807) is 0 Å². The van der Waals surface area contributed by atoms with Crippen molar-refractivity contribution in [3.05, 3.63) is 35.9 Å². The molecule has 15 heavy (non-hydrogen) atoms. The van der Waals surface area contributed by atoms with Crippen molar-refractivity contribution in [2.75, 3.05) is 6.54 Å². The molecule has 0 aliphatic rings. The number of nitrogens with two attached hydrogens (primary N) is 1. The molecule has 0 aliphatic carbocycles. The molecule has 0 spiro atoms. The molecule has 0 amide bonds. The zero-order valence-corrected chi connectivity index (χ0v) is 10.00. The first-order valence-electron chi connectivity index (χ1n) is 5.88. The number of hydrogen-bond acceptors (Lipinski definition) is 1. The van der Waals surface area contributed by atoms with E-state index in [9.17, 15) is 0 Å². The van der Waals surface area contributed by atoms with Gasteiger partial charge in [-0.3, -0.25) is 0 Å². The molecule has 1 nitrogen and oxygen atoms in total. The molecule has 84 valence electrons. The van der Waals surface area contributed by atoms with Crippen LogP contribution in [0.5, 0.6) is 0 Å². The second-order valence-corrected chi connectivity index (χ2v) is 5.06. The number of hydrogen-bond donors (Lipinski definition) is 1. The van der Waals surface area contributed by atoms with Crippen molar-refractivity contribution in [2.45, 2.75) is 39.5 Å². The van der Waals surface area contributed by atoms with Crippen LogP contribution in [0.15, 0.2) is 30.3 Å². The lowest BCUT2D eigenvalue weighted by Gasteiger charge is -2.21. The first kappa shape index (κ1) is 12.3. The minimum Gasteiger partial charge on any atom is -0.330 e. The van der Waals surface area contributed by atoms with Gasteiger partial charge in [0, 0.05) is 0 Å². The monoisotopic (exact) mass is 205 g/mol. The van der Waals surface area contributed by atoms with Crippen LogP contribution in [0.1, 0.15) is 38.7 Å². The third kappa shape index (κ3) is 4.98. The highest BCUT2D eigenvalue weighted by molar-refractivity contribution is 5.14. The van der Waals surface area contributed by atoms with Crippen molar-refractivity contribution in [3.8, 4) is 0 Å². The van der Waals surface area contributed by atoms with Crippen LogP contribution in [0.4, 0.5) is 0 Å². The second-order valence-electron chi connectivity index (χ2n) is 5.06. The Bertz CT molecular complexity index is 264. The fraction of sp³-hybridized carbons (Fsp3) is 0.571. The third-order valence-electron chi connectivity index (χ3n) is 2.96. The van der Waals surface area contributed by atoms with Crippen LogP contribution in [0, 0.1) is 5.41 Å². The topological polar surface area (TPSA) is 26.0 Å². The molecule has 0 aliphatic heterocycles. The van der Waals surface area contributed by atoms with E-state index >= 15 is 0 Å². The summed E-state index contributed by atoms with van der Waals surface area (Å²) in [5.74, 6) is 0. The zero-order valence-electron chi connectivity index (χ0n) is 10.00. The van der Waals surface area contributed by atoms with Crippen LogP contribution in [0.2, 0.25) is 0 Å². The quantitative estimate of drug-likeness (QED) is 0.708. The van der Waals surface area contributed by atoms with E-state index in [0.29, 0.717) is 5.41 Å². The lowest BCUT2D eigenvalue weighted by Crippen LogP contribution is -2.23. The molecule has 1 aromatic rings. The molecule has 0 saturated carbocycles. The summed E-state index contributed by atoms with van der Waals surface area (Å²) < 4.78 is 0. The molecule has 1 rings (SSSR count). The largest absolute Gasteiger partial charge is 0.330 e. The van der Waals surface area contributed by atoms with Crippen molar-refractivity contribution in [1.82, 2.24) is 0 Å². The maximum atomic E-state index is 5.70. The van der Waals surface area contributed by atoms with E-state index in [1.807, 2.05) is 0 Å². The van der Waals surface area contributed by atoms with E-state index in [4.69, 9.17) is 5.73 Å². The van der Waals surface area contributed by atoms with Crippen molar-refractivity contribution < 1.29 is 0 Å². The van der Waals surface area contributed by atoms with Gasteiger partial charge in [0.1, 0.15) is 0 Å². The molecule has 1 aromatic carbocycles. The number of aryl methyl sites for hydroxylation is 1. The van der Waals surface area contributed by atoms with Crippen molar-refractivity contribution in [3.63, 3.8) is 0 Å². The van der Waals surface area contributed by atoms with E-state index in [1.165, 1.54) is 31.2 Å². The predicted molar refractivity (Wildman–Crippen MR) is 66.8 cm³/mol. The summed E-state index contributed by atoms with van der Waals surface area (Å²) >= 11 is 0. The Kier molecular flexibility index (Phi) is 4.83. The predicted octanol–water partition coefficient (Wildman–Crippen LogP) is 3.38.